The Morgan fingerprint density at radius 1 is 1.40 bits per heavy atom. The van der Waals surface area contributed by atoms with Crippen molar-refractivity contribution in [1.82, 2.24) is 0 Å². The molecule has 0 aliphatic carbocycles. The van der Waals surface area contributed by atoms with Crippen molar-refractivity contribution >= 4 is 10.1 Å². The van der Waals surface area contributed by atoms with Crippen molar-refractivity contribution in [1.29, 1.82) is 0 Å². The first-order valence-corrected chi connectivity index (χ1v) is 4.81. The van der Waals surface area contributed by atoms with Crippen LogP contribution in [0.4, 0.5) is 0 Å². The first-order chi connectivity index (χ1) is 4.62. The highest BCUT2D eigenvalue weighted by atomic mass is 32.2. The van der Waals surface area contributed by atoms with E-state index in [9.17, 15) is 8.42 Å². The topological polar surface area (TPSA) is 43.4 Å². The van der Waals surface area contributed by atoms with Gasteiger partial charge in [-0.3, -0.25) is 4.18 Å². The lowest BCUT2D eigenvalue weighted by atomic mass is 10.3. The van der Waals surface area contributed by atoms with Gasteiger partial charge >= 0.3 is 0 Å². The quantitative estimate of drug-likeness (QED) is 0.453. The lowest BCUT2D eigenvalue weighted by molar-refractivity contribution is 0.436. The maximum Gasteiger partial charge on any atom is 0.267 e. The zero-order chi connectivity index (χ0) is 8.04. The Balaban J connectivity index is 3.49. The zero-order valence-electron chi connectivity index (χ0n) is 6.04. The van der Waals surface area contributed by atoms with E-state index in [0.29, 0.717) is 6.42 Å². The summed E-state index contributed by atoms with van der Waals surface area (Å²) < 4.78 is 24.8. The van der Waals surface area contributed by atoms with Gasteiger partial charge < -0.3 is 0 Å². The smallest absolute Gasteiger partial charge is 0.261 e. The van der Waals surface area contributed by atoms with Crippen LogP contribution in [-0.2, 0) is 14.3 Å². The zero-order valence-corrected chi connectivity index (χ0v) is 6.86. The van der Waals surface area contributed by atoms with Gasteiger partial charge in [-0.1, -0.05) is 19.8 Å². The number of hydrogen-bond donors (Lipinski definition) is 0. The van der Waals surface area contributed by atoms with Crippen LogP contribution in [0.3, 0.4) is 0 Å². The van der Waals surface area contributed by atoms with Crippen LogP contribution in [0.2, 0.25) is 0 Å². The van der Waals surface area contributed by atoms with E-state index in [1.807, 2.05) is 6.92 Å². The minimum atomic E-state index is -3.41. The standard InChI is InChI=1S/C6H12O3S/c1-3-4-5-6-10(7,8)9-2/h2H,3-6H2,1H3. The van der Waals surface area contributed by atoms with Crippen LogP contribution in [0.1, 0.15) is 26.2 Å². The summed E-state index contributed by atoms with van der Waals surface area (Å²) >= 11 is 0. The van der Waals surface area contributed by atoms with Crippen LogP contribution in [-0.4, -0.2) is 14.2 Å². The van der Waals surface area contributed by atoms with Crippen molar-refractivity contribution in [2.24, 2.45) is 0 Å². The number of hydrogen-bond acceptors (Lipinski definition) is 3. The third-order valence-electron chi connectivity index (χ3n) is 1.14. The fourth-order valence-corrected chi connectivity index (χ4v) is 1.23. The summed E-state index contributed by atoms with van der Waals surface area (Å²) in [6.07, 6.45) is 2.50. The van der Waals surface area contributed by atoms with Gasteiger partial charge in [0.05, 0.1) is 5.75 Å². The number of rotatable bonds is 5. The summed E-state index contributed by atoms with van der Waals surface area (Å²) in [4.78, 5) is 0. The molecule has 0 aliphatic heterocycles. The second-order valence-electron chi connectivity index (χ2n) is 2.07. The lowest BCUT2D eigenvalue weighted by Crippen LogP contribution is -2.06. The van der Waals surface area contributed by atoms with E-state index in [-0.39, 0.29) is 5.75 Å². The summed E-state index contributed by atoms with van der Waals surface area (Å²) in [5.41, 5.74) is 0. The Morgan fingerprint density at radius 3 is 2.40 bits per heavy atom. The molecule has 0 heterocycles. The Bertz CT molecular complexity index is 160. The highest BCUT2D eigenvalue weighted by Gasteiger charge is 2.06. The van der Waals surface area contributed by atoms with Crippen LogP contribution in [0.15, 0.2) is 0 Å². The van der Waals surface area contributed by atoms with Crippen LogP contribution in [0.5, 0.6) is 0 Å². The van der Waals surface area contributed by atoms with Gasteiger partial charge in [0.1, 0.15) is 7.11 Å². The minimum absolute atomic E-state index is 0.0251. The van der Waals surface area contributed by atoms with Gasteiger partial charge in [0, 0.05) is 0 Å². The molecular formula is C6H12O3S. The normalized spacial score (nSPS) is 11.8. The van der Waals surface area contributed by atoms with E-state index < -0.39 is 10.1 Å². The first kappa shape index (κ1) is 9.91. The van der Waals surface area contributed by atoms with Gasteiger partial charge in [0.2, 0.25) is 0 Å². The van der Waals surface area contributed by atoms with E-state index >= 15 is 0 Å². The second-order valence-corrected chi connectivity index (χ2v) is 3.78. The molecule has 0 fully saturated rings. The predicted octanol–water partition coefficient (Wildman–Crippen LogP) is 1.19. The van der Waals surface area contributed by atoms with Crippen LogP contribution < -0.4 is 0 Å². The van der Waals surface area contributed by atoms with Crippen molar-refractivity contribution in [3.8, 4) is 0 Å². The molecule has 0 aromatic rings. The Labute approximate surface area is 62.5 Å². The van der Waals surface area contributed by atoms with Gasteiger partial charge in [0.15, 0.2) is 0 Å². The van der Waals surface area contributed by atoms with E-state index in [0.717, 1.165) is 12.8 Å². The van der Waals surface area contributed by atoms with Crippen molar-refractivity contribution in [3.63, 3.8) is 0 Å². The molecule has 0 rings (SSSR count). The molecule has 0 atom stereocenters. The first-order valence-electron chi connectivity index (χ1n) is 3.23. The molecule has 0 amide bonds. The molecule has 10 heavy (non-hydrogen) atoms. The summed E-state index contributed by atoms with van der Waals surface area (Å²) in [6.45, 7) is 2.00. The highest BCUT2D eigenvalue weighted by molar-refractivity contribution is 7.86. The van der Waals surface area contributed by atoms with E-state index in [2.05, 4.69) is 11.3 Å². The number of unbranched alkanes of at least 4 members (excludes halogenated alkanes) is 2. The molecule has 0 bridgehead atoms. The molecule has 0 aromatic carbocycles. The molecule has 0 aromatic heterocycles. The maximum absolute atomic E-state index is 10.5. The van der Waals surface area contributed by atoms with Crippen molar-refractivity contribution < 1.29 is 12.6 Å². The fourth-order valence-electron chi connectivity index (χ4n) is 0.577. The largest absolute Gasteiger partial charge is 0.267 e. The minimum Gasteiger partial charge on any atom is -0.261 e. The lowest BCUT2D eigenvalue weighted by Gasteiger charge is -1.97. The SMILES string of the molecule is [CH]OS(=O)(=O)CCCCC. The van der Waals surface area contributed by atoms with Crippen LogP contribution in [0.25, 0.3) is 0 Å². The van der Waals surface area contributed by atoms with Crippen LogP contribution in [0, 0.1) is 7.11 Å². The molecule has 3 nitrogen and oxygen atoms in total. The van der Waals surface area contributed by atoms with Crippen molar-refractivity contribution in [3.05, 3.63) is 7.11 Å². The average molecular weight is 164 g/mol. The van der Waals surface area contributed by atoms with Gasteiger partial charge in [0.25, 0.3) is 10.1 Å². The third-order valence-corrected chi connectivity index (χ3v) is 2.23. The van der Waals surface area contributed by atoms with Gasteiger partial charge in [-0.2, -0.15) is 8.42 Å². The fraction of sp³-hybridized carbons (Fsp3) is 0.833. The molecule has 0 spiro atoms. The highest BCUT2D eigenvalue weighted by Crippen LogP contribution is 1.99. The Kier molecular flexibility index (Phi) is 4.64. The molecule has 0 saturated heterocycles. The maximum atomic E-state index is 10.5. The molecule has 60 valence electrons. The molecule has 4 heteroatoms. The van der Waals surface area contributed by atoms with E-state index in [1.165, 1.54) is 0 Å². The monoisotopic (exact) mass is 164 g/mol. The van der Waals surface area contributed by atoms with Gasteiger partial charge in [-0.05, 0) is 6.42 Å². The van der Waals surface area contributed by atoms with Gasteiger partial charge in [-0.25, -0.2) is 0 Å². The molecule has 2 radical (unpaired) electrons. The second kappa shape index (κ2) is 4.68. The molecule has 0 unspecified atom stereocenters. The summed E-state index contributed by atoms with van der Waals surface area (Å²) in [6, 6.07) is 0. The van der Waals surface area contributed by atoms with E-state index in [4.69, 9.17) is 0 Å². The molecule has 0 saturated carbocycles. The summed E-state index contributed by atoms with van der Waals surface area (Å²) in [5, 5.41) is 0. The molecule has 0 aliphatic rings. The van der Waals surface area contributed by atoms with Crippen LogP contribution >= 0.6 is 0 Å². The third kappa shape index (κ3) is 4.76. The van der Waals surface area contributed by atoms with Crippen molar-refractivity contribution in [2.45, 2.75) is 26.2 Å². The average Bonchev–Trinajstić information content (AvgIpc) is 1.89. The van der Waals surface area contributed by atoms with Crippen molar-refractivity contribution in [2.75, 3.05) is 5.75 Å². The molecule has 0 N–H and O–H groups in total. The Morgan fingerprint density at radius 2 is 2.00 bits per heavy atom. The molecular weight excluding hydrogens is 152 g/mol. The predicted molar refractivity (Wildman–Crippen MR) is 38.7 cm³/mol. The summed E-state index contributed by atoms with van der Waals surface area (Å²) in [5.74, 6) is 0.0251. The Hall–Kier alpha value is -0.0900. The van der Waals surface area contributed by atoms with Gasteiger partial charge in [-0.15, -0.1) is 0 Å². The summed E-state index contributed by atoms with van der Waals surface area (Å²) in [7, 11) is 1.09. The van der Waals surface area contributed by atoms with E-state index in [1.54, 1.807) is 0 Å².